The molecule has 0 amide bonds. The second kappa shape index (κ2) is 4.63. The fourth-order valence-corrected chi connectivity index (χ4v) is 3.66. The summed E-state index contributed by atoms with van der Waals surface area (Å²) in [6.45, 7) is 4.23. The zero-order chi connectivity index (χ0) is 11.7. The minimum atomic E-state index is -0.591. The molecule has 0 radical (unpaired) electrons. The summed E-state index contributed by atoms with van der Waals surface area (Å²) in [7, 11) is 0. The van der Waals surface area contributed by atoms with Gasteiger partial charge < -0.3 is 10.8 Å². The van der Waals surface area contributed by atoms with Crippen molar-refractivity contribution >= 4 is 22.7 Å². The molecule has 3 N–H and O–H groups in total. The molecule has 3 nitrogen and oxygen atoms in total. The fourth-order valence-electron chi connectivity index (χ4n) is 1.51. The first-order valence-corrected chi connectivity index (χ1v) is 6.73. The third-order valence-corrected chi connectivity index (χ3v) is 4.84. The van der Waals surface area contributed by atoms with Gasteiger partial charge in [-0.25, -0.2) is 4.98 Å². The minimum Gasteiger partial charge on any atom is -0.386 e. The van der Waals surface area contributed by atoms with E-state index >= 15 is 0 Å². The van der Waals surface area contributed by atoms with Crippen molar-refractivity contribution in [2.45, 2.75) is 20.0 Å². The molecule has 2 rings (SSSR count). The molecule has 0 aromatic carbocycles. The van der Waals surface area contributed by atoms with Crippen LogP contribution in [0.4, 0.5) is 0 Å². The van der Waals surface area contributed by atoms with Gasteiger partial charge >= 0.3 is 0 Å². The van der Waals surface area contributed by atoms with E-state index in [9.17, 15) is 5.11 Å². The van der Waals surface area contributed by atoms with Gasteiger partial charge in [0.15, 0.2) is 0 Å². The van der Waals surface area contributed by atoms with Crippen LogP contribution in [0.5, 0.6) is 0 Å². The van der Waals surface area contributed by atoms with Gasteiger partial charge in [0, 0.05) is 6.54 Å². The Labute approximate surface area is 103 Å². The van der Waals surface area contributed by atoms with Crippen LogP contribution in [0.15, 0.2) is 11.4 Å². The number of nitrogens with two attached hydrogens (primary N) is 1. The van der Waals surface area contributed by atoms with Crippen LogP contribution in [0.25, 0.3) is 9.88 Å². The summed E-state index contributed by atoms with van der Waals surface area (Å²) < 4.78 is 0. The first kappa shape index (κ1) is 11.7. The van der Waals surface area contributed by atoms with Gasteiger partial charge in [0.05, 0.1) is 15.4 Å². The average molecular weight is 254 g/mol. The van der Waals surface area contributed by atoms with Crippen LogP contribution >= 0.6 is 22.7 Å². The lowest BCUT2D eigenvalue weighted by Crippen LogP contribution is -2.10. The minimum absolute atomic E-state index is 0.242. The number of aromatic nitrogens is 1. The number of aliphatic hydroxyl groups is 1. The van der Waals surface area contributed by atoms with Crippen LogP contribution in [0.3, 0.4) is 0 Å². The Bertz CT molecular complexity index is 490. The van der Waals surface area contributed by atoms with Crippen LogP contribution in [-0.4, -0.2) is 16.6 Å². The highest BCUT2D eigenvalue weighted by Crippen LogP contribution is 2.35. The number of hydrogen-bond acceptors (Lipinski definition) is 5. The van der Waals surface area contributed by atoms with Gasteiger partial charge in [-0.15, -0.1) is 22.7 Å². The van der Waals surface area contributed by atoms with E-state index in [1.165, 1.54) is 21.8 Å². The summed E-state index contributed by atoms with van der Waals surface area (Å²) in [5, 5.41) is 12.8. The van der Waals surface area contributed by atoms with Crippen molar-refractivity contribution in [2.75, 3.05) is 6.54 Å². The van der Waals surface area contributed by atoms with Crippen LogP contribution in [0, 0.1) is 13.8 Å². The van der Waals surface area contributed by atoms with Crippen LogP contribution in [0.1, 0.15) is 22.2 Å². The number of aliphatic hydroxyl groups excluding tert-OH is 1. The number of rotatable bonds is 3. The van der Waals surface area contributed by atoms with Gasteiger partial charge in [0.25, 0.3) is 0 Å². The second-order valence-corrected chi connectivity index (χ2v) is 5.60. The van der Waals surface area contributed by atoms with E-state index in [1.807, 2.05) is 6.92 Å². The number of nitrogens with zero attached hydrogens (tertiary/aromatic N) is 1. The summed E-state index contributed by atoms with van der Waals surface area (Å²) in [6.07, 6.45) is -0.591. The molecule has 1 unspecified atom stereocenters. The Kier molecular flexibility index (Phi) is 3.39. The summed E-state index contributed by atoms with van der Waals surface area (Å²) >= 11 is 3.21. The maximum absolute atomic E-state index is 9.74. The lowest BCUT2D eigenvalue weighted by Gasteiger charge is -2.03. The highest BCUT2D eigenvalue weighted by Gasteiger charge is 2.16. The van der Waals surface area contributed by atoms with Crippen LogP contribution in [-0.2, 0) is 0 Å². The molecule has 16 heavy (non-hydrogen) atoms. The first-order valence-electron chi connectivity index (χ1n) is 5.03. The van der Waals surface area contributed by atoms with Crippen molar-refractivity contribution in [3.05, 3.63) is 27.6 Å². The second-order valence-electron chi connectivity index (χ2n) is 3.65. The highest BCUT2D eigenvalue weighted by atomic mass is 32.1. The Morgan fingerprint density at radius 2 is 2.25 bits per heavy atom. The molecule has 0 saturated carbocycles. The van der Waals surface area contributed by atoms with Gasteiger partial charge in [-0.05, 0) is 30.9 Å². The molecule has 0 spiro atoms. The topological polar surface area (TPSA) is 59.1 Å². The number of thiazole rings is 1. The SMILES string of the molecule is Cc1ccsc1-c1nc(C)c(C(O)CN)s1. The first-order chi connectivity index (χ1) is 7.63. The molecule has 1 atom stereocenters. The van der Waals surface area contributed by atoms with Crippen molar-refractivity contribution in [1.29, 1.82) is 0 Å². The van der Waals surface area contributed by atoms with Crippen molar-refractivity contribution < 1.29 is 5.11 Å². The number of hydrogen-bond donors (Lipinski definition) is 2. The molecule has 2 aromatic heterocycles. The number of thiophene rings is 1. The molecular weight excluding hydrogens is 240 g/mol. The standard InChI is InChI=1S/C11H14N2OS2/c1-6-3-4-15-9(6)11-13-7(2)10(16-11)8(14)5-12/h3-4,8,14H,5,12H2,1-2H3. The molecule has 2 aromatic rings. The van der Waals surface area contributed by atoms with Gasteiger partial charge in [0.1, 0.15) is 11.1 Å². The predicted octanol–water partition coefficient (Wildman–Crippen LogP) is 2.48. The predicted molar refractivity (Wildman–Crippen MR) is 68.9 cm³/mol. The van der Waals surface area contributed by atoms with Crippen molar-refractivity contribution in [2.24, 2.45) is 5.73 Å². The molecule has 0 saturated heterocycles. The molecule has 0 bridgehead atoms. The Balaban J connectivity index is 2.42. The molecule has 0 aliphatic heterocycles. The average Bonchev–Trinajstić information content (AvgIpc) is 2.83. The molecule has 0 aliphatic carbocycles. The van der Waals surface area contributed by atoms with Crippen LogP contribution < -0.4 is 5.73 Å². The van der Waals surface area contributed by atoms with Gasteiger partial charge in [-0.3, -0.25) is 0 Å². The zero-order valence-corrected chi connectivity index (χ0v) is 10.9. The quantitative estimate of drug-likeness (QED) is 0.884. The number of aryl methyl sites for hydroxylation is 2. The van der Waals surface area contributed by atoms with Crippen molar-refractivity contribution in [3.8, 4) is 9.88 Å². The van der Waals surface area contributed by atoms with E-state index in [-0.39, 0.29) is 6.54 Å². The molecule has 0 aliphatic rings. The third kappa shape index (κ3) is 2.04. The van der Waals surface area contributed by atoms with Gasteiger partial charge in [0.2, 0.25) is 0 Å². The normalized spacial score (nSPS) is 13.0. The van der Waals surface area contributed by atoms with Gasteiger partial charge in [-0.2, -0.15) is 0 Å². The summed E-state index contributed by atoms with van der Waals surface area (Å²) in [6, 6.07) is 2.08. The van der Waals surface area contributed by atoms with E-state index in [4.69, 9.17) is 5.73 Å². The summed E-state index contributed by atoms with van der Waals surface area (Å²) in [5.74, 6) is 0. The maximum atomic E-state index is 9.74. The monoisotopic (exact) mass is 254 g/mol. The Morgan fingerprint density at radius 1 is 1.50 bits per heavy atom. The lowest BCUT2D eigenvalue weighted by atomic mass is 10.2. The fraction of sp³-hybridized carbons (Fsp3) is 0.364. The summed E-state index contributed by atoms with van der Waals surface area (Å²) in [4.78, 5) is 6.56. The largest absolute Gasteiger partial charge is 0.386 e. The summed E-state index contributed by atoms with van der Waals surface area (Å²) in [5.41, 5.74) is 7.57. The molecule has 86 valence electrons. The van der Waals surface area contributed by atoms with E-state index in [0.29, 0.717) is 0 Å². The van der Waals surface area contributed by atoms with Crippen molar-refractivity contribution in [3.63, 3.8) is 0 Å². The van der Waals surface area contributed by atoms with Crippen molar-refractivity contribution in [1.82, 2.24) is 4.98 Å². The molecular formula is C11H14N2OS2. The van der Waals surface area contributed by atoms with E-state index in [1.54, 1.807) is 11.3 Å². The third-order valence-electron chi connectivity index (χ3n) is 2.41. The van der Waals surface area contributed by atoms with Crippen LogP contribution in [0.2, 0.25) is 0 Å². The molecule has 5 heteroatoms. The van der Waals surface area contributed by atoms with E-state index in [0.717, 1.165) is 15.6 Å². The smallest absolute Gasteiger partial charge is 0.134 e. The van der Waals surface area contributed by atoms with E-state index < -0.39 is 6.10 Å². The lowest BCUT2D eigenvalue weighted by molar-refractivity contribution is 0.189. The molecule has 0 fully saturated rings. The maximum Gasteiger partial charge on any atom is 0.134 e. The highest BCUT2D eigenvalue weighted by molar-refractivity contribution is 7.21. The Hall–Kier alpha value is -0.750. The Morgan fingerprint density at radius 3 is 2.81 bits per heavy atom. The van der Waals surface area contributed by atoms with E-state index in [2.05, 4.69) is 23.4 Å². The zero-order valence-electron chi connectivity index (χ0n) is 9.23. The molecule has 2 heterocycles. The van der Waals surface area contributed by atoms with Gasteiger partial charge in [-0.1, -0.05) is 0 Å².